The number of benzene rings is 1. The van der Waals surface area contributed by atoms with E-state index in [0.717, 1.165) is 6.42 Å². The molecular formula is C19H31Cl2NTi. The number of rotatable bonds is 2. The predicted octanol–water partition coefficient (Wildman–Crippen LogP) is 7.07. The quantitative estimate of drug-likeness (QED) is 0.527. The molecule has 1 N–H and O–H groups in total. The van der Waals surface area contributed by atoms with Crippen molar-refractivity contribution in [2.75, 3.05) is 0 Å². The van der Waals surface area contributed by atoms with Crippen LogP contribution < -0.4 is 4.00 Å². The normalized spacial score (nSPS) is 21.0. The van der Waals surface area contributed by atoms with Crippen LogP contribution in [0.15, 0.2) is 52.4 Å². The van der Waals surface area contributed by atoms with Crippen LogP contribution in [0.3, 0.4) is 0 Å². The van der Waals surface area contributed by atoms with Gasteiger partial charge in [0.25, 0.3) is 0 Å². The number of nitrogens with one attached hydrogen (secondary N) is 1. The SMILES string of the molecule is Cl.Cl.[CH3][Ti]([CH3])([CH3])([CH3])([CH3])([CH3])([C]1=CC=CC1)[c]1cc2ccccc2[nH]1. The van der Waals surface area contributed by atoms with E-state index >= 15 is 0 Å². The molecule has 1 aliphatic rings. The first-order valence-corrected chi connectivity index (χ1v) is 19.1. The van der Waals surface area contributed by atoms with Crippen molar-refractivity contribution in [1.82, 2.24) is 4.98 Å². The van der Waals surface area contributed by atoms with Crippen molar-refractivity contribution in [1.29, 1.82) is 0 Å². The minimum absolute atomic E-state index is 0. The fourth-order valence-electron chi connectivity index (χ4n) is 3.77. The van der Waals surface area contributed by atoms with E-state index in [1.165, 1.54) is 14.9 Å². The van der Waals surface area contributed by atoms with E-state index in [2.05, 4.69) is 84.9 Å². The van der Waals surface area contributed by atoms with Crippen molar-refractivity contribution in [2.24, 2.45) is 0 Å². The van der Waals surface area contributed by atoms with Gasteiger partial charge in [-0.2, -0.15) is 0 Å². The molecule has 0 unspecified atom stereocenters. The van der Waals surface area contributed by atoms with Crippen molar-refractivity contribution in [2.45, 2.75) is 37.8 Å². The Morgan fingerprint density at radius 1 is 0.913 bits per heavy atom. The van der Waals surface area contributed by atoms with Gasteiger partial charge in [-0.3, -0.25) is 0 Å². The van der Waals surface area contributed by atoms with Crippen LogP contribution in [0, 0.1) is 0 Å². The molecule has 0 saturated carbocycles. The van der Waals surface area contributed by atoms with E-state index < -0.39 is 11.5 Å². The second-order valence-electron chi connectivity index (χ2n) is 14.2. The number of aromatic nitrogens is 1. The summed E-state index contributed by atoms with van der Waals surface area (Å²) < 4.78 is 2.98. The van der Waals surface area contributed by atoms with Crippen LogP contribution in [0.4, 0.5) is 0 Å². The standard InChI is InChI=1S/C8H6N.C5H5.6CH3.2ClH.Ti/c1-2-4-8-7(3-1)5-6-9-8;1-2-4-5-3-1;;;;;;;;;/h1-5,9H;1-3H,4H2;6*1H3;2*1H;. The Hall–Kier alpha value is -0.466. The molecule has 0 aliphatic heterocycles. The van der Waals surface area contributed by atoms with E-state index in [-0.39, 0.29) is 24.8 Å². The fraction of sp³-hybridized carbons (Fsp3) is 0.368. The number of fused-ring (bicyclic) bond motifs is 1. The van der Waals surface area contributed by atoms with Crippen molar-refractivity contribution in [3.8, 4) is 0 Å². The number of allylic oxidation sites excluding steroid dienone is 4. The van der Waals surface area contributed by atoms with Gasteiger partial charge in [-0.15, -0.1) is 24.8 Å². The molecule has 1 aliphatic carbocycles. The topological polar surface area (TPSA) is 15.8 Å². The van der Waals surface area contributed by atoms with Crippen LogP contribution in [0.1, 0.15) is 6.42 Å². The first-order chi connectivity index (χ1) is 9.13. The van der Waals surface area contributed by atoms with Crippen molar-refractivity contribution < 1.29 is 11.5 Å². The molecule has 0 fully saturated rings. The molecule has 23 heavy (non-hydrogen) atoms. The Labute approximate surface area is 145 Å². The van der Waals surface area contributed by atoms with Gasteiger partial charge in [0.2, 0.25) is 0 Å². The number of aromatic amines is 1. The Kier molecular flexibility index (Phi) is 3.31. The second kappa shape index (κ2) is 3.70. The molecule has 130 valence electrons. The molecule has 0 bridgehead atoms. The van der Waals surface area contributed by atoms with Gasteiger partial charge in [0.05, 0.1) is 0 Å². The molecule has 0 amide bonds. The molecule has 1 heterocycles. The first-order valence-electron chi connectivity index (χ1n) is 8.12. The molecule has 4 heteroatoms. The van der Waals surface area contributed by atoms with E-state index in [1.807, 2.05) is 0 Å². The Morgan fingerprint density at radius 2 is 1.52 bits per heavy atom. The third-order valence-electron chi connectivity index (χ3n) is 6.14. The molecule has 1 aromatic carbocycles. The molecule has 0 atom stereocenters. The molecule has 0 spiro atoms. The summed E-state index contributed by atoms with van der Waals surface area (Å²) in [5, 5.41) is 16.5. The maximum absolute atomic E-state index is 4.49. The Bertz CT molecular complexity index is 839. The van der Waals surface area contributed by atoms with Gasteiger partial charge in [0.1, 0.15) is 0 Å². The van der Waals surface area contributed by atoms with Gasteiger partial charge in [0, 0.05) is 0 Å². The Morgan fingerprint density at radius 3 is 2.04 bits per heavy atom. The molecule has 3 rings (SSSR count). The van der Waals surface area contributed by atoms with Gasteiger partial charge in [-0.05, 0) is 0 Å². The average Bonchev–Trinajstić information content (AvgIpc) is 2.97. The van der Waals surface area contributed by atoms with Gasteiger partial charge < -0.3 is 0 Å². The van der Waals surface area contributed by atoms with Crippen LogP contribution in [0.5, 0.6) is 0 Å². The zero-order valence-electron chi connectivity index (χ0n) is 15.1. The van der Waals surface area contributed by atoms with Crippen molar-refractivity contribution in [3.63, 3.8) is 0 Å². The minimum atomic E-state index is -4.49. The van der Waals surface area contributed by atoms with Crippen LogP contribution >= 0.6 is 24.8 Å². The summed E-state index contributed by atoms with van der Waals surface area (Å²) in [6.07, 6.45) is 7.91. The van der Waals surface area contributed by atoms with Gasteiger partial charge >= 0.3 is 122 Å². The molecule has 1 aromatic heterocycles. The second-order valence-corrected chi connectivity index (χ2v) is 49.2. The molecule has 0 radical (unpaired) electrons. The Balaban J connectivity index is 0.00000132. The summed E-state index contributed by atoms with van der Waals surface area (Å²) in [4.78, 5) is 3.78. The molecule has 0 saturated heterocycles. The zero-order valence-corrected chi connectivity index (χ0v) is 18.3. The summed E-state index contributed by atoms with van der Waals surface area (Å²) in [6, 6.07) is 11.0. The summed E-state index contributed by atoms with van der Waals surface area (Å²) in [5.74, 6) is 0. The van der Waals surface area contributed by atoms with Gasteiger partial charge in [-0.25, -0.2) is 0 Å². The predicted molar refractivity (Wildman–Crippen MR) is 109 cm³/mol. The van der Waals surface area contributed by atoms with Crippen molar-refractivity contribution in [3.05, 3.63) is 52.4 Å². The molecular weight excluding hydrogens is 361 g/mol. The molecule has 1 nitrogen and oxygen atoms in total. The summed E-state index contributed by atoms with van der Waals surface area (Å²) in [5.41, 5.74) is 1.23. The summed E-state index contributed by atoms with van der Waals surface area (Å²) >= 11 is -4.49. The van der Waals surface area contributed by atoms with E-state index in [4.69, 9.17) is 0 Å². The third-order valence-corrected chi connectivity index (χ3v) is 19.1. The number of para-hydroxylation sites is 1. The van der Waals surface area contributed by atoms with E-state index in [1.54, 1.807) is 3.88 Å². The van der Waals surface area contributed by atoms with Gasteiger partial charge in [0.15, 0.2) is 0 Å². The first kappa shape index (κ1) is 20.6. The van der Waals surface area contributed by atoms with Crippen LogP contribution in [0.2, 0.25) is 31.4 Å². The zero-order chi connectivity index (χ0) is 15.7. The van der Waals surface area contributed by atoms with Gasteiger partial charge in [-0.1, -0.05) is 0 Å². The third kappa shape index (κ3) is 2.87. The fourth-order valence-corrected chi connectivity index (χ4v) is 11.6. The molecule has 2 aromatic rings. The average molecular weight is 392 g/mol. The van der Waals surface area contributed by atoms with E-state index in [9.17, 15) is 0 Å². The summed E-state index contributed by atoms with van der Waals surface area (Å²) in [6.45, 7) is 0. The number of halogens is 2. The number of H-pyrrole nitrogens is 1. The van der Waals surface area contributed by atoms with Crippen molar-refractivity contribution >= 4 is 39.7 Å². The monoisotopic (exact) mass is 391 g/mol. The van der Waals surface area contributed by atoms with Crippen LogP contribution in [-0.4, -0.2) is 4.98 Å². The maximum atomic E-state index is 3.78. The van der Waals surface area contributed by atoms with Crippen LogP contribution in [0.25, 0.3) is 10.9 Å². The van der Waals surface area contributed by atoms with E-state index in [0.29, 0.717) is 0 Å². The van der Waals surface area contributed by atoms with Crippen LogP contribution in [-0.2, 0) is 11.5 Å². The number of hydrogen-bond donors (Lipinski definition) is 1. The summed E-state index contributed by atoms with van der Waals surface area (Å²) in [7, 11) is 0. The number of hydrogen-bond acceptors (Lipinski definition) is 0.